The van der Waals surface area contributed by atoms with E-state index < -0.39 is 12.2 Å². The second-order valence-electron chi connectivity index (χ2n) is 6.91. The molecule has 1 aliphatic carbocycles. The van der Waals surface area contributed by atoms with Crippen molar-refractivity contribution in [1.29, 1.82) is 0 Å². The molecule has 152 valence electrons. The van der Waals surface area contributed by atoms with Crippen molar-refractivity contribution in [3.05, 3.63) is 52.4 Å². The van der Waals surface area contributed by atoms with Gasteiger partial charge in [-0.25, -0.2) is 9.59 Å². The van der Waals surface area contributed by atoms with Gasteiger partial charge in [0.2, 0.25) is 5.75 Å². The zero-order valence-electron chi connectivity index (χ0n) is 16.7. The first-order chi connectivity index (χ1) is 13.8. The molecule has 1 heterocycles. The molecule has 1 aromatic carbocycles. The predicted molar refractivity (Wildman–Crippen MR) is 108 cm³/mol. The SMILES string of the molecule is CN(C)C(=O)Oc1ccc2c(=O)cc(C3=CCCC=C3)oc2c1OC(=O)N(C)C. The van der Waals surface area contributed by atoms with Crippen LogP contribution in [0.3, 0.4) is 0 Å². The second-order valence-corrected chi connectivity index (χ2v) is 6.91. The summed E-state index contributed by atoms with van der Waals surface area (Å²) in [6, 6.07) is 4.27. The minimum absolute atomic E-state index is 0.0279. The molecule has 29 heavy (non-hydrogen) atoms. The highest BCUT2D eigenvalue weighted by Crippen LogP contribution is 2.37. The summed E-state index contributed by atoms with van der Waals surface area (Å²) in [5, 5.41) is 0.209. The molecule has 2 amide bonds. The lowest BCUT2D eigenvalue weighted by molar-refractivity contribution is 0.161. The number of amides is 2. The molecule has 0 N–H and O–H groups in total. The number of rotatable bonds is 3. The van der Waals surface area contributed by atoms with Crippen molar-refractivity contribution < 1.29 is 23.5 Å². The molecule has 0 saturated carbocycles. The summed E-state index contributed by atoms with van der Waals surface area (Å²) in [6.45, 7) is 0. The standard InChI is InChI=1S/C21H22N2O6/c1-22(2)20(25)28-16-11-10-14-15(24)12-17(13-8-6-5-7-9-13)27-18(14)19(16)29-21(26)23(3)4/h6,8-12H,5,7H2,1-4H3. The number of carbonyl (C=O) groups excluding carboxylic acids is 2. The first-order valence-corrected chi connectivity index (χ1v) is 9.04. The topological polar surface area (TPSA) is 89.3 Å². The lowest BCUT2D eigenvalue weighted by atomic mass is 10.0. The van der Waals surface area contributed by atoms with Crippen LogP contribution in [0.5, 0.6) is 11.5 Å². The van der Waals surface area contributed by atoms with Crippen molar-refractivity contribution in [1.82, 2.24) is 9.80 Å². The van der Waals surface area contributed by atoms with Crippen molar-refractivity contribution >= 4 is 28.7 Å². The van der Waals surface area contributed by atoms with E-state index in [4.69, 9.17) is 13.9 Å². The fourth-order valence-corrected chi connectivity index (χ4v) is 2.66. The van der Waals surface area contributed by atoms with Crippen molar-refractivity contribution in [3.63, 3.8) is 0 Å². The van der Waals surface area contributed by atoms with Crippen LogP contribution in [0.2, 0.25) is 0 Å². The highest BCUT2D eigenvalue weighted by Gasteiger charge is 2.22. The van der Waals surface area contributed by atoms with Crippen LogP contribution in [0.4, 0.5) is 9.59 Å². The molecule has 0 aliphatic heterocycles. The molecule has 0 radical (unpaired) electrons. The average molecular weight is 398 g/mol. The summed E-state index contributed by atoms with van der Waals surface area (Å²) < 4.78 is 16.7. The zero-order chi connectivity index (χ0) is 21.1. The first kappa shape index (κ1) is 20.2. The van der Waals surface area contributed by atoms with Crippen LogP contribution < -0.4 is 14.9 Å². The van der Waals surface area contributed by atoms with E-state index in [0.29, 0.717) is 5.76 Å². The first-order valence-electron chi connectivity index (χ1n) is 9.04. The molecule has 0 atom stereocenters. The maximum Gasteiger partial charge on any atom is 0.414 e. The maximum atomic E-state index is 12.7. The van der Waals surface area contributed by atoms with Crippen LogP contribution in [0.15, 0.2) is 45.6 Å². The van der Waals surface area contributed by atoms with E-state index >= 15 is 0 Å². The summed E-state index contributed by atoms with van der Waals surface area (Å²) >= 11 is 0. The molecular formula is C21H22N2O6. The zero-order valence-corrected chi connectivity index (χ0v) is 16.7. The van der Waals surface area contributed by atoms with Crippen LogP contribution in [-0.4, -0.2) is 50.2 Å². The number of hydrogen-bond acceptors (Lipinski definition) is 6. The van der Waals surface area contributed by atoms with E-state index in [1.165, 1.54) is 56.2 Å². The minimum atomic E-state index is -0.704. The Balaban J connectivity index is 2.21. The Morgan fingerprint density at radius 3 is 2.31 bits per heavy atom. The Kier molecular flexibility index (Phi) is 5.72. The number of allylic oxidation sites excluding steroid dienone is 4. The fourth-order valence-electron chi connectivity index (χ4n) is 2.66. The maximum absolute atomic E-state index is 12.7. The third kappa shape index (κ3) is 4.31. The van der Waals surface area contributed by atoms with Gasteiger partial charge in [-0.3, -0.25) is 4.79 Å². The highest BCUT2D eigenvalue weighted by molar-refractivity contribution is 5.90. The molecular weight excluding hydrogens is 376 g/mol. The van der Waals surface area contributed by atoms with Gasteiger partial charge in [0.05, 0.1) is 5.39 Å². The number of carbonyl (C=O) groups is 2. The van der Waals surface area contributed by atoms with Crippen molar-refractivity contribution in [3.8, 4) is 11.5 Å². The number of fused-ring (bicyclic) bond motifs is 1. The number of nitrogens with zero attached hydrogens (tertiary/aromatic N) is 2. The van der Waals surface area contributed by atoms with E-state index in [1.54, 1.807) is 0 Å². The molecule has 0 saturated heterocycles. The Morgan fingerprint density at radius 1 is 1.00 bits per heavy atom. The van der Waals surface area contributed by atoms with Crippen LogP contribution in [0.25, 0.3) is 16.5 Å². The minimum Gasteiger partial charge on any atom is -0.452 e. The number of ether oxygens (including phenoxy) is 2. The molecule has 0 fully saturated rings. The Hall–Kier alpha value is -3.55. The van der Waals surface area contributed by atoms with Gasteiger partial charge in [-0.05, 0) is 25.0 Å². The molecule has 8 nitrogen and oxygen atoms in total. The summed E-state index contributed by atoms with van der Waals surface area (Å²) in [5.41, 5.74) is 0.496. The van der Waals surface area contributed by atoms with Gasteiger partial charge in [-0.2, -0.15) is 0 Å². The van der Waals surface area contributed by atoms with Crippen molar-refractivity contribution in [2.45, 2.75) is 12.8 Å². The summed E-state index contributed by atoms with van der Waals surface area (Å²) in [5.74, 6) is 0.187. The lowest BCUT2D eigenvalue weighted by Gasteiger charge is -2.17. The van der Waals surface area contributed by atoms with Crippen molar-refractivity contribution in [2.24, 2.45) is 0 Å². The lowest BCUT2D eigenvalue weighted by Crippen LogP contribution is -2.27. The van der Waals surface area contributed by atoms with E-state index in [-0.39, 0.29) is 27.9 Å². The smallest absolute Gasteiger partial charge is 0.414 e. The van der Waals surface area contributed by atoms with Gasteiger partial charge in [0.25, 0.3) is 0 Å². The quantitative estimate of drug-likeness (QED) is 0.784. The monoisotopic (exact) mass is 398 g/mol. The Morgan fingerprint density at radius 2 is 1.69 bits per heavy atom. The van der Waals surface area contributed by atoms with Gasteiger partial charge in [0.1, 0.15) is 5.76 Å². The predicted octanol–water partition coefficient (Wildman–Crippen LogP) is 3.65. The van der Waals surface area contributed by atoms with Crippen molar-refractivity contribution in [2.75, 3.05) is 28.2 Å². The van der Waals surface area contributed by atoms with Crippen LogP contribution in [0.1, 0.15) is 18.6 Å². The normalized spacial score (nSPS) is 13.0. The van der Waals surface area contributed by atoms with E-state index in [0.717, 1.165) is 18.4 Å². The molecule has 1 aromatic heterocycles. The summed E-state index contributed by atoms with van der Waals surface area (Å²) in [6.07, 6.45) is 6.20. The van der Waals surface area contributed by atoms with Gasteiger partial charge >= 0.3 is 12.2 Å². The third-order valence-corrected chi connectivity index (χ3v) is 4.21. The molecule has 1 aliphatic rings. The number of benzene rings is 1. The second kappa shape index (κ2) is 8.22. The molecule has 8 heteroatoms. The molecule has 2 aromatic rings. The van der Waals surface area contributed by atoms with E-state index in [9.17, 15) is 14.4 Å². The fraction of sp³-hybridized carbons (Fsp3) is 0.286. The third-order valence-electron chi connectivity index (χ3n) is 4.21. The Bertz CT molecular complexity index is 1080. The molecule has 0 spiro atoms. The van der Waals surface area contributed by atoms with E-state index in [1.807, 2.05) is 18.2 Å². The van der Waals surface area contributed by atoms with Gasteiger partial charge in [-0.1, -0.05) is 18.2 Å². The van der Waals surface area contributed by atoms with Gasteiger partial charge in [0.15, 0.2) is 16.8 Å². The van der Waals surface area contributed by atoms with Gasteiger partial charge in [-0.15, -0.1) is 0 Å². The van der Waals surface area contributed by atoms with Crippen LogP contribution in [0, 0.1) is 0 Å². The van der Waals surface area contributed by atoms with E-state index in [2.05, 4.69) is 0 Å². The summed E-state index contributed by atoms with van der Waals surface area (Å²) in [4.78, 5) is 39.4. The van der Waals surface area contributed by atoms with Gasteiger partial charge < -0.3 is 23.7 Å². The number of hydrogen-bond donors (Lipinski definition) is 0. The highest BCUT2D eigenvalue weighted by atomic mass is 16.6. The average Bonchev–Trinajstić information content (AvgIpc) is 2.69. The van der Waals surface area contributed by atoms with Crippen LogP contribution in [-0.2, 0) is 0 Å². The summed E-state index contributed by atoms with van der Waals surface area (Å²) in [7, 11) is 6.07. The molecule has 3 rings (SSSR count). The molecule has 0 unspecified atom stereocenters. The van der Waals surface area contributed by atoms with Gasteiger partial charge in [0, 0.05) is 39.8 Å². The largest absolute Gasteiger partial charge is 0.452 e. The molecule has 0 bridgehead atoms. The van der Waals surface area contributed by atoms with Crippen LogP contribution >= 0.6 is 0 Å². The Labute approximate surface area is 167 Å².